The third kappa shape index (κ3) is 4.76. The van der Waals surface area contributed by atoms with Gasteiger partial charge in [0.2, 0.25) is 0 Å². The molecule has 174 valence electrons. The number of aliphatic carboxylic acids is 1. The molecule has 0 amide bonds. The van der Waals surface area contributed by atoms with Gasteiger partial charge < -0.3 is 9.84 Å². The minimum atomic E-state index is -0.990. The molecule has 3 aromatic heterocycles. The van der Waals surface area contributed by atoms with E-state index in [9.17, 15) is 14.3 Å². The van der Waals surface area contributed by atoms with Gasteiger partial charge in [-0.15, -0.1) is 0 Å². The quantitative estimate of drug-likeness (QED) is 0.416. The Morgan fingerprint density at radius 2 is 2.00 bits per heavy atom. The van der Waals surface area contributed by atoms with E-state index in [-0.39, 0.29) is 6.42 Å². The fraction of sp³-hybridized carbons (Fsp3) is 0.308. The van der Waals surface area contributed by atoms with Gasteiger partial charge in [0.1, 0.15) is 17.6 Å². The van der Waals surface area contributed by atoms with Gasteiger partial charge in [-0.2, -0.15) is 5.10 Å². The Morgan fingerprint density at radius 1 is 1.12 bits per heavy atom. The molecule has 1 aliphatic rings. The zero-order chi connectivity index (χ0) is 23.5. The van der Waals surface area contributed by atoms with Crippen LogP contribution in [0.25, 0.3) is 10.9 Å². The molecule has 8 heteroatoms. The van der Waals surface area contributed by atoms with Crippen molar-refractivity contribution in [3.05, 3.63) is 83.3 Å². The van der Waals surface area contributed by atoms with Crippen molar-refractivity contribution in [2.24, 2.45) is 0 Å². The Hall–Kier alpha value is -3.81. The van der Waals surface area contributed by atoms with Crippen LogP contribution < -0.4 is 4.74 Å². The van der Waals surface area contributed by atoms with E-state index in [1.807, 2.05) is 18.2 Å². The smallest absolute Gasteiger partial charge is 0.305 e. The van der Waals surface area contributed by atoms with Crippen molar-refractivity contribution in [3.63, 3.8) is 0 Å². The summed E-state index contributed by atoms with van der Waals surface area (Å²) in [6, 6.07) is 12.0. The van der Waals surface area contributed by atoms with Gasteiger partial charge in [0.15, 0.2) is 0 Å². The molecular weight excluding hydrogens is 435 g/mol. The van der Waals surface area contributed by atoms with Crippen LogP contribution in [0.1, 0.15) is 47.9 Å². The van der Waals surface area contributed by atoms with E-state index >= 15 is 0 Å². The fourth-order valence-corrected chi connectivity index (χ4v) is 4.48. The Balaban J connectivity index is 1.30. The van der Waals surface area contributed by atoms with Crippen LogP contribution in [0.4, 0.5) is 4.39 Å². The molecule has 0 saturated carbocycles. The molecule has 0 aliphatic heterocycles. The summed E-state index contributed by atoms with van der Waals surface area (Å²) in [6.07, 6.45) is 7.89. The predicted molar refractivity (Wildman–Crippen MR) is 124 cm³/mol. The van der Waals surface area contributed by atoms with Gasteiger partial charge in [-0.25, -0.2) is 4.39 Å². The van der Waals surface area contributed by atoms with Gasteiger partial charge in [-0.1, -0.05) is 6.07 Å². The number of benzene rings is 1. The monoisotopic (exact) mass is 460 g/mol. The lowest BCUT2D eigenvalue weighted by Gasteiger charge is -2.16. The largest absolute Gasteiger partial charge is 0.493 e. The average Bonchev–Trinajstić information content (AvgIpc) is 3.26. The van der Waals surface area contributed by atoms with Gasteiger partial charge >= 0.3 is 5.97 Å². The first-order chi connectivity index (χ1) is 16.6. The number of carbonyl (C=O) groups is 1. The van der Waals surface area contributed by atoms with Gasteiger partial charge in [-0.3, -0.25) is 19.4 Å². The Kier molecular flexibility index (Phi) is 6.20. The van der Waals surface area contributed by atoms with Crippen molar-refractivity contribution >= 4 is 16.9 Å². The standard InChI is InChI=1S/C26H25FN4O3/c27-19-6-9-23(28-16-19)25(14-26(32)33)31-24-10-8-21(13-18(24)15-29-31)34-12-11-20-7-5-17-3-1-2-4-22(17)30-20/h5-10,13,15-16,25H,1-4,11-12,14H2,(H,32,33). The molecule has 0 saturated heterocycles. The van der Waals surface area contributed by atoms with Gasteiger partial charge in [0, 0.05) is 23.2 Å². The Bertz CT molecular complexity index is 1320. The minimum Gasteiger partial charge on any atom is -0.493 e. The first-order valence-corrected chi connectivity index (χ1v) is 11.5. The van der Waals surface area contributed by atoms with Crippen LogP contribution in [0.15, 0.2) is 54.9 Å². The third-order valence-corrected chi connectivity index (χ3v) is 6.18. The fourth-order valence-electron chi connectivity index (χ4n) is 4.48. The summed E-state index contributed by atoms with van der Waals surface area (Å²) in [6.45, 7) is 0.507. The SMILES string of the molecule is O=C(O)CC(c1ccc(F)cn1)n1ncc2cc(OCCc3ccc4c(n3)CCCC4)ccc21. The zero-order valence-electron chi connectivity index (χ0n) is 18.7. The number of pyridine rings is 2. The molecule has 1 aliphatic carbocycles. The molecule has 0 radical (unpaired) electrons. The number of nitrogens with zero attached hydrogens (tertiary/aromatic N) is 4. The van der Waals surface area contributed by atoms with Crippen LogP contribution in [0.5, 0.6) is 5.75 Å². The Labute approximate surface area is 196 Å². The topological polar surface area (TPSA) is 90.1 Å². The van der Waals surface area contributed by atoms with Gasteiger partial charge in [0.05, 0.1) is 36.6 Å². The number of fused-ring (bicyclic) bond motifs is 2. The van der Waals surface area contributed by atoms with Crippen LogP contribution in [0, 0.1) is 5.82 Å². The van der Waals surface area contributed by atoms with Crippen LogP contribution in [-0.4, -0.2) is 37.4 Å². The van der Waals surface area contributed by atoms with Crippen LogP contribution in [0.3, 0.4) is 0 Å². The molecule has 7 nitrogen and oxygen atoms in total. The molecule has 0 bridgehead atoms. The normalized spacial score (nSPS) is 14.0. The highest BCUT2D eigenvalue weighted by Gasteiger charge is 2.22. The summed E-state index contributed by atoms with van der Waals surface area (Å²) in [5.41, 5.74) is 4.82. The van der Waals surface area contributed by atoms with Gasteiger partial charge in [0.25, 0.3) is 0 Å². The maximum Gasteiger partial charge on any atom is 0.305 e. The number of hydrogen-bond acceptors (Lipinski definition) is 5. The highest BCUT2D eigenvalue weighted by molar-refractivity contribution is 5.80. The molecule has 1 atom stereocenters. The van der Waals surface area contributed by atoms with Crippen molar-refractivity contribution < 1.29 is 19.0 Å². The molecule has 0 spiro atoms. The van der Waals surface area contributed by atoms with E-state index in [1.54, 1.807) is 10.9 Å². The van der Waals surface area contributed by atoms with E-state index < -0.39 is 17.8 Å². The van der Waals surface area contributed by atoms with E-state index in [4.69, 9.17) is 9.72 Å². The minimum absolute atomic E-state index is 0.221. The van der Waals surface area contributed by atoms with Gasteiger partial charge in [-0.05, 0) is 67.6 Å². The second-order valence-corrected chi connectivity index (χ2v) is 8.54. The van der Waals surface area contributed by atoms with E-state index in [0.29, 0.717) is 18.1 Å². The molecule has 1 unspecified atom stereocenters. The lowest BCUT2D eigenvalue weighted by Crippen LogP contribution is -2.17. The lowest BCUT2D eigenvalue weighted by molar-refractivity contribution is -0.137. The number of hydrogen-bond donors (Lipinski definition) is 1. The number of rotatable bonds is 8. The molecule has 1 N–H and O–H groups in total. The first kappa shape index (κ1) is 22.0. The summed E-state index contributed by atoms with van der Waals surface area (Å²) in [5.74, 6) is -0.759. The molecule has 34 heavy (non-hydrogen) atoms. The summed E-state index contributed by atoms with van der Waals surface area (Å²) < 4.78 is 20.9. The molecule has 0 fully saturated rings. The molecule has 3 heterocycles. The number of halogens is 1. The maximum absolute atomic E-state index is 13.3. The number of aryl methyl sites for hydroxylation is 2. The lowest BCUT2D eigenvalue weighted by atomic mass is 9.96. The van der Waals surface area contributed by atoms with Crippen LogP contribution in [-0.2, 0) is 24.1 Å². The number of carboxylic acid groups (broad SMARTS) is 1. The van der Waals surface area contributed by atoms with E-state index in [2.05, 4.69) is 22.2 Å². The first-order valence-electron chi connectivity index (χ1n) is 11.5. The zero-order valence-corrected chi connectivity index (χ0v) is 18.7. The van der Waals surface area contributed by atoms with Crippen molar-refractivity contribution in [1.29, 1.82) is 0 Å². The predicted octanol–water partition coefficient (Wildman–Crippen LogP) is 4.53. The van der Waals surface area contributed by atoms with Crippen molar-refractivity contribution in [1.82, 2.24) is 19.7 Å². The van der Waals surface area contributed by atoms with Crippen molar-refractivity contribution in [3.8, 4) is 5.75 Å². The van der Waals surface area contributed by atoms with Crippen LogP contribution >= 0.6 is 0 Å². The highest BCUT2D eigenvalue weighted by Crippen LogP contribution is 2.28. The maximum atomic E-state index is 13.3. The number of carboxylic acids is 1. The average molecular weight is 461 g/mol. The van der Waals surface area contributed by atoms with E-state index in [0.717, 1.165) is 42.1 Å². The molecular formula is C26H25FN4O3. The second kappa shape index (κ2) is 9.59. The summed E-state index contributed by atoms with van der Waals surface area (Å²) in [4.78, 5) is 20.4. The van der Waals surface area contributed by atoms with Crippen molar-refractivity contribution in [2.45, 2.75) is 44.6 Å². The van der Waals surface area contributed by atoms with Crippen molar-refractivity contribution in [2.75, 3.05) is 6.61 Å². The number of ether oxygens (including phenoxy) is 1. The van der Waals surface area contributed by atoms with Crippen LogP contribution in [0.2, 0.25) is 0 Å². The molecule has 5 rings (SSSR count). The summed E-state index contributed by atoms with van der Waals surface area (Å²) in [7, 11) is 0. The summed E-state index contributed by atoms with van der Waals surface area (Å²) in [5, 5.41) is 14.6. The molecule has 4 aromatic rings. The number of aromatic nitrogens is 4. The highest BCUT2D eigenvalue weighted by atomic mass is 19.1. The molecule has 1 aromatic carbocycles. The Morgan fingerprint density at radius 3 is 2.82 bits per heavy atom. The third-order valence-electron chi connectivity index (χ3n) is 6.18. The second-order valence-electron chi connectivity index (χ2n) is 8.54. The summed E-state index contributed by atoms with van der Waals surface area (Å²) >= 11 is 0. The van der Waals surface area contributed by atoms with E-state index in [1.165, 1.54) is 36.2 Å².